The summed E-state index contributed by atoms with van der Waals surface area (Å²) in [4.78, 5) is 4.52. The second-order valence-corrected chi connectivity index (χ2v) is 4.49. The Kier molecular flexibility index (Phi) is 2.83. The average molecular weight is 255 g/mol. The Morgan fingerprint density at radius 1 is 1.16 bits per heavy atom. The van der Waals surface area contributed by atoms with E-state index in [-0.39, 0.29) is 5.92 Å². The number of hydrogen-bond donors (Lipinski definition) is 0. The van der Waals surface area contributed by atoms with Crippen molar-refractivity contribution in [3.63, 3.8) is 0 Å². The van der Waals surface area contributed by atoms with Crippen molar-refractivity contribution in [3.8, 4) is 17.2 Å². The van der Waals surface area contributed by atoms with Crippen LogP contribution in [0.1, 0.15) is 25.6 Å². The number of hydrogen-bond acceptors (Lipinski definition) is 5. The third kappa shape index (κ3) is 2.12. The third-order valence-corrected chi connectivity index (χ3v) is 2.73. The number of aromatic nitrogens is 5. The van der Waals surface area contributed by atoms with Crippen molar-refractivity contribution >= 4 is 0 Å². The Morgan fingerprint density at radius 2 is 1.95 bits per heavy atom. The molecule has 0 spiro atoms. The second kappa shape index (κ2) is 4.64. The average Bonchev–Trinajstić information content (AvgIpc) is 3.08. The maximum absolute atomic E-state index is 4.65. The first-order valence-electron chi connectivity index (χ1n) is 6.06. The number of nitrogens with zero attached hydrogens (tertiary/aromatic N) is 5. The van der Waals surface area contributed by atoms with E-state index < -0.39 is 0 Å². The SMILES string of the molecule is CC(C)c1nc(-c2cnon2)n(-c2ccccc2)n1. The van der Waals surface area contributed by atoms with Crippen LogP contribution < -0.4 is 0 Å². The van der Waals surface area contributed by atoms with Crippen LogP contribution in [0.5, 0.6) is 0 Å². The van der Waals surface area contributed by atoms with Crippen LogP contribution >= 0.6 is 0 Å². The molecule has 19 heavy (non-hydrogen) atoms. The number of para-hydroxylation sites is 1. The zero-order valence-corrected chi connectivity index (χ0v) is 10.7. The molecule has 0 unspecified atom stereocenters. The van der Waals surface area contributed by atoms with Gasteiger partial charge in [-0.1, -0.05) is 37.2 Å². The topological polar surface area (TPSA) is 69.6 Å². The summed E-state index contributed by atoms with van der Waals surface area (Å²) in [5, 5.41) is 12.0. The van der Waals surface area contributed by atoms with Crippen molar-refractivity contribution in [2.24, 2.45) is 0 Å². The zero-order chi connectivity index (χ0) is 13.2. The standard InChI is InChI=1S/C13H13N5O/c1-9(2)12-15-13(11-8-14-19-17-11)18(16-12)10-6-4-3-5-7-10/h3-9H,1-2H3. The minimum absolute atomic E-state index is 0.239. The van der Waals surface area contributed by atoms with Crippen LogP contribution in [0.3, 0.4) is 0 Å². The lowest BCUT2D eigenvalue weighted by molar-refractivity contribution is 0.308. The van der Waals surface area contributed by atoms with Crippen molar-refractivity contribution in [2.45, 2.75) is 19.8 Å². The van der Waals surface area contributed by atoms with Crippen molar-refractivity contribution in [2.75, 3.05) is 0 Å². The molecule has 0 aliphatic carbocycles. The molecule has 3 aromatic rings. The van der Waals surface area contributed by atoms with Gasteiger partial charge in [0.05, 0.1) is 5.69 Å². The molecule has 0 radical (unpaired) electrons. The van der Waals surface area contributed by atoms with E-state index in [4.69, 9.17) is 0 Å². The minimum Gasteiger partial charge on any atom is -0.244 e. The van der Waals surface area contributed by atoms with Gasteiger partial charge in [-0.25, -0.2) is 14.3 Å². The Hall–Kier alpha value is -2.50. The first-order chi connectivity index (χ1) is 9.25. The maximum atomic E-state index is 4.65. The summed E-state index contributed by atoms with van der Waals surface area (Å²) < 4.78 is 6.41. The first-order valence-corrected chi connectivity index (χ1v) is 6.06. The molecule has 6 heteroatoms. The zero-order valence-electron chi connectivity index (χ0n) is 10.7. The molecule has 0 aliphatic heterocycles. The predicted octanol–water partition coefficient (Wildman–Crippen LogP) is 2.44. The predicted molar refractivity (Wildman–Crippen MR) is 68.7 cm³/mol. The fraction of sp³-hybridized carbons (Fsp3) is 0.231. The summed E-state index contributed by atoms with van der Waals surface area (Å²) in [6.07, 6.45) is 1.54. The lowest BCUT2D eigenvalue weighted by Crippen LogP contribution is -2.00. The van der Waals surface area contributed by atoms with E-state index in [0.717, 1.165) is 11.5 Å². The van der Waals surface area contributed by atoms with Gasteiger partial charge in [0.2, 0.25) is 0 Å². The quantitative estimate of drug-likeness (QED) is 0.719. The van der Waals surface area contributed by atoms with E-state index in [0.29, 0.717) is 11.5 Å². The number of benzene rings is 1. The van der Waals surface area contributed by atoms with Crippen molar-refractivity contribution < 1.29 is 4.63 Å². The molecule has 0 bridgehead atoms. The highest BCUT2D eigenvalue weighted by Crippen LogP contribution is 2.21. The van der Waals surface area contributed by atoms with Gasteiger partial charge in [-0.15, -0.1) is 0 Å². The first kappa shape index (κ1) is 11.6. The van der Waals surface area contributed by atoms with Gasteiger partial charge in [0.1, 0.15) is 6.20 Å². The van der Waals surface area contributed by atoms with E-state index in [1.807, 2.05) is 30.3 Å². The molecule has 96 valence electrons. The Balaban J connectivity index is 2.17. The molecule has 3 rings (SSSR count). The fourth-order valence-electron chi connectivity index (χ4n) is 1.75. The van der Waals surface area contributed by atoms with Crippen LogP contribution in [0.4, 0.5) is 0 Å². The molecular formula is C13H13N5O. The second-order valence-electron chi connectivity index (χ2n) is 4.49. The van der Waals surface area contributed by atoms with Gasteiger partial charge in [-0.2, -0.15) is 5.10 Å². The molecule has 0 N–H and O–H groups in total. The summed E-state index contributed by atoms with van der Waals surface area (Å²) in [7, 11) is 0. The maximum Gasteiger partial charge on any atom is 0.187 e. The van der Waals surface area contributed by atoms with E-state index in [2.05, 4.69) is 38.9 Å². The highest BCUT2D eigenvalue weighted by atomic mass is 16.6. The smallest absolute Gasteiger partial charge is 0.187 e. The lowest BCUT2D eigenvalue weighted by atomic mass is 10.2. The van der Waals surface area contributed by atoms with E-state index in [1.54, 1.807) is 4.68 Å². The van der Waals surface area contributed by atoms with Gasteiger partial charge in [-0.3, -0.25) is 0 Å². The number of rotatable bonds is 3. The Bertz CT molecular complexity index is 658. The highest BCUT2D eigenvalue weighted by Gasteiger charge is 2.17. The van der Waals surface area contributed by atoms with E-state index in [1.165, 1.54) is 6.20 Å². The lowest BCUT2D eigenvalue weighted by Gasteiger charge is -2.02. The molecule has 0 fully saturated rings. The Morgan fingerprint density at radius 3 is 2.58 bits per heavy atom. The van der Waals surface area contributed by atoms with Crippen LogP contribution in [-0.2, 0) is 0 Å². The molecular weight excluding hydrogens is 242 g/mol. The molecule has 0 amide bonds. The summed E-state index contributed by atoms with van der Waals surface area (Å²) in [6.45, 7) is 4.10. The molecule has 0 atom stereocenters. The van der Waals surface area contributed by atoms with Gasteiger partial charge < -0.3 is 0 Å². The van der Waals surface area contributed by atoms with Gasteiger partial charge in [-0.05, 0) is 17.3 Å². The van der Waals surface area contributed by atoms with Gasteiger partial charge >= 0.3 is 0 Å². The molecule has 2 heterocycles. The summed E-state index contributed by atoms with van der Waals surface area (Å²) in [5.74, 6) is 1.64. The molecule has 0 aliphatic rings. The van der Waals surface area contributed by atoms with Crippen molar-refractivity contribution in [1.29, 1.82) is 0 Å². The van der Waals surface area contributed by atoms with Gasteiger partial charge in [0.25, 0.3) is 0 Å². The van der Waals surface area contributed by atoms with Crippen LogP contribution in [0.15, 0.2) is 41.2 Å². The van der Waals surface area contributed by atoms with Gasteiger partial charge in [0.15, 0.2) is 17.3 Å². The van der Waals surface area contributed by atoms with E-state index in [9.17, 15) is 0 Å². The highest BCUT2D eigenvalue weighted by molar-refractivity contribution is 5.51. The van der Waals surface area contributed by atoms with Crippen LogP contribution in [0.25, 0.3) is 17.2 Å². The van der Waals surface area contributed by atoms with Crippen molar-refractivity contribution in [1.82, 2.24) is 25.1 Å². The molecule has 0 saturated heterocycles. The van der Waals surface area contributed by atoms with Crippen LogP contribution in [-0.4, -0.2) is 25.1 Å². The summed E-state index contributed by atoms with van der Waals surface area (Å²) in [6, 6.07) is 9.81. The fourth-order valence-corrected chi connectivity index (χ4v) is 1.75. The minimum atomic E-state index is 0.239. The largest absolute Gasteiger partial charge is 0.244 e. The Labute approximate surface area is 110 Å². The summed E-state index contributed by atoms with van der Waals surface area (Å²) >= 11 is 0. The normalized spacial score (nSPS) is 11.1. The summed E-state index contributed by atoms with van der Waals surface area (Å²) in [5.41, 5.74) is 1.50. The third-order valence-electron chi connectivity index (χ3n) is 2.73. The molecule has 6 nitrogen and oxygen atoms in total. The molecule has 1 aromatic carbocycles. The monoisotopic (exact) mass is 255 g/mol. The molecule has 0 saturated carbocycles. The van der Waals surface area contributed by atoms with Crippen LogP contribution in [0.2, 0.25) is 0 Å². The van der Waals surface area contributed by atoms with Crippen LogP contribution in [0, 0.1) is 0 Å². The molecule has 2 aromatic heterocycles. The van der Waals surface area contributed by atoms with Gasteiger partial charge in [0, 0.05) is 5.92 Å². The van der Waals surface area contributed by atoms with Crippen molar-refractivity contribution in [3.05, 3.63) is 42.4 Å². The van der Waals surface area contributed by atoms with E-state index >= 15 is 0 Å².